The number of rotatable bonds is 5. The van der Waals surface area contributed by atoms with E-state index in [1.54, 1.807) is 0 Å². The molecule has 0 aliphatic carbocycles. The molecule has 128 valence electrons. The number of amides is 1. The second kappa shape index (κ2) is 7.07. The first-order valence-electron chi connectivity index (χ1n) is 8.75. The van der Waals surface area contributed by atoms with E-state index < -0.39 is 0 Å². The minimum absolute atomic E-state index is 0.0130. The number of anilines is 1. The van der Waals surface area contributed by atoms with Crippen LogP contribution in [-0.4, -0.2) is 28.6 Å². The van der Waals surface area contributed by atoms with Gasteiger partial charge >= 0.3 is 0 Å². The van der Waals surface area contributed by atoms with Crippen LogP contribution >= 0.6 is 0 Å². The van der Waals surface area contributed by atoms with E-state index in [1.807, 2.05) is 48.5 Å². The van der Waals surface area contributed by atoms with Crippen molar-refractivity contribution < 1.29 is 9.53 Å². The molecule has 1 unspecified atom stereocenters. The van der Waals surface area contributed by atoms with E-state index in [0.717, 1.165) is 54.0 Å². The van der Waals surface area contributed by atoms with Crippen LogP contribution in [0.15, 0.2) is 48.5 Å². The zero-order chi connectivity index (χ0) is 17.1. The Morgan fingerprint density at radius 1 is 1.20 bits per heavy atom. The maximum Gasteiger partial charge on any atom is 0.224 e. The van der Waals surface area contributed by atoms with Crippen molar-refractivity contribution in [3.8, 4) is 11.4 Å². The Balaban J connectivity index is 1.51. The molecule has 1 atom stereocenters. The number of nitrogens with one attached hydrogen (secondary N) is 2. The smallest absolute Gasteiger partial charge is 0.224 e. The fourth-order valence-electron chi connectivity index (χ4n) is 3.26. The average molecular weight is 335 g/mol. The van der Waals surface area contributed by atoms with Crippen molar-refractivity contribution in [3.63, 3.8) is 0 Å². The molecule has 0 bridgehead atoms. The number of hydrogen-bond donors (Lipinski definition) is 2. The van der Waals surface area contributed by atoms with Gasteiger partial charge in [0, 0.05) is 18.6 Å². The third kappa shape index (κ3) is 3.56. The third-order valence-electron chi connectivity index (χ3n) is 4.56. The van der Waals surface area contributed by atoms with E-state index >= 15 is 0 Å². The van der Waals surface area contributed by atoms with Gasteiger partial charge in [0.25, 0.3) is 0 Å². The molecule has 25 heavy (non-hydrogen) atoms. The van der Waals surface area contributed by atoms with Crippen LogP contribution in [-0.2, 0) is 9.53 Å². The van der Waals surface area contributed by atoms with Crippen molar-refractivity contribution in [2.24, 2.45) is 0 Å². The third-order valence-corrected chi connectivity index (χ3v) is 4.56. The van der Waals surface area contributed by atoms with E-state index in [1.165, 1.54) is 0 Å². The van der Waals surface area contributed by atoms with Crippen molar-refractivity contribution in [1.29, 1.82) is 0 Å². The number of H-pyrrole nitrogens is 1. The van der Waals surface area contributed by atoms with Crippen molar-refractivity contribution in [2.45, 2.75) is 31.8 Å². The van der Waals surface area contributed by atoms with Crippen LogP contribution in [0.5, 0.6) is 0 Å². The van der Waals surface area contributed by atoms with Crippen molar-refractivity contribution >= 4 is 22.6 Å². The van der Waals surface area contributed by atoms with Crippen LogP contribution in [0.2, 0.25) is 0 Å². The number of para-hydroxylation sites is 3. The van der Waals surface area contributed by atoms with Crippen LogP contribution in [0.1, 0.15) is 25.7 Å². The normalized spacial score (nSPS) is 17.0. The molecule has 1 aliphatic rings. The summed E-state index contributed by atoms with van der Waals surface area (Å²) >= 11 is 0. The molecule has 1 fully saturated rings. The first-order valence-corrected chi connectivity index (χ1v) is 8.75. The van der Waals surface area contributed by atoms with Crippen LogP contribution in [0.3, 0.4) is 0 Å². The molecule has 5 heteroatoms. The highest BCUT2D eigenvalue weighted by molar-refractivity contribution is 5.95. The number of aromatic nitrogens is 2. The molecule has 1 saturated heterocycles. The Kier molecular flexibility index (Phi) is 4.48. The molecule has 1 aliphatic heterocycles. The molecule has 0 radical (unpaired) electrons. The Hall–Kier alpha value is -2.66. The molecule has 2 N–H and O–H groups in total. The molecule has 0 saturated carbocycles. The summed E-state index contributed by atoms with van der Waals surface area (Å²) in [6, 6.07) is 15.6. The minimum atomic E-state index is 0.0130. The van der Waals surface area contributed by atoms with Gasteiger partial charge in [0.1, 0.15) is 5.82 Å². The maximum atomic E-state index is 12.3. The molecule has 3 aromatic rings. The zero-order valence-corrected chi connectivity index (χ0v) is 14.0. The number of ether oxygens (including phenoxy) is 1. The lowest BCUT2D eigenvalue weighted by Gasteiger charge is -2.11. The average Bonchev–Trinajstić information content (AvgIpc) is 3.30. The molecule has 1 amide bonds. The highest BCUT2D eigenvalue weighted by atomic mass is 16.5. The largest absolute Gasteiger partial charge is 0.378 e. The predicted octanol–water partition coefficient (Wildman–Crippen LogP) is 4.13. The fraction of sp³-hybridized carbons (Fsp3) is 0.300. The van der Waals surface area contributed by atoms with Crippen molar-refractivity contribution in [1.82, 2.24) is 9.97 Å². The number of carbonyl (C=O) groups is 1. The van der Waals surface area contributed by atoms with Gasteiger partial charge in [-0.2, -0.15) is 0 Å². The van der Waals surface area contributed by atoms with Gasteiger partial charge in [-0.05, 0) is 43.5 Å². The Morgan fingerprint density at radius 3 is 2.88 bits per heavy atom. The molecule has 4 rings (SSSR count). The lowest BCUT2D eigenvalue weighted by Crippen LogP contribution is -2.15. The van der Waals surface area contributed by atoms with Crippen LogP contribution in [0, 0.1) is 0 Å². The number of imidazole rings is 1. The summed E-state index contributed by atoms with van der Waals surface area (Å²) in [5.74, 6) is 0.773. The standard InChI is InChI=1S/C20H21N3O2/c24-19(12-11-14-6-5-13-25-14)21-16-8-2-1-7-15(16)20-22-17-9-3-4-10-18(17)23-20/h1-4,7-10,14H,5-6,11-13H2,(H,21,24)(H,22,23). The van der Waals surface area contributed by atoms with E-state index in [2.05, 4.69) is 15.3 Å². The topological polar surface area (TPSA) is 67.0 Å². The summed E-state index contributed by atoms with van der Waals surface area (Å²) in [7, 11) is 0. The van der Waals surface area contributed by atoms with Gasteiger partial charge in [0.05, 0.1) is 22.8 Å². The number of aromatic amines is 1. The first kappa shape index (κ1) is 15.8. The molecular weight excluding hydrogens is 314 g/mol. The summed E-state index contributed by atoms with van der Waals surface area (Å²) in [4.78, 5) is 20.3. The second-order valence-electron chi connectivity index (χ2n) is 6.37. The summed E-state index contributed by atoms with van der Waals surface area (Å²) < 4.78 is 5.59. The summed E-state index contributed by atoms with van der Waals surface area (Å²) in [6.07, 6.45) is 3.64. The van der Waals surface area contributed by atoms with Crippen molar-refractivity contribution in [3.05, 3.63) is 48.5 Å². The Bertz CT molecular complexity index is 848. The van der Waals surface area contributed by atoms with E-state index in [-0.39, 0.29) is 12.0 Å². The number of fused-ring (bicyclic) bond motifs is 1. The van der Waals surface area contributed by atoms with E-state index in [9.17, 15) is 4.79 Å². The molecule has 1 aromatic heterocycles. The maximum absolute atomic E-state index is 12.3. The van der Waals surface area contributed by atoms with Gasteiger partial charge in [-0.3, -0.25) is 4.79 Å². The number of carbonyl (C=O) groups excluding carboxylic acids is 1. The molecular formula is C20H21N3O2. The summed E-state index contributed by atoms with van der Waals surface area (Å²) in [6.45, 7) is 0.821. The van der Waals surface area contributed by atoms with E-state index in [4.69, 9.17) is 4.74 Å². The number of nitrogens with zero attached hydrogens (tertiary/aromatic N) is 1. The lowest BCUT2D eigenvalue weighted by molar-refractivity contribution is -0.116. The van der Waals surface area contributed by atoms with Crippen LogP contribution in [0.25, 0.3) is 22.4 Å². The monoisotopic (exact) mass is 335 g/mol. The van der Waals surface area contributed by atoms with Crippen LogP contribution < -0.4 is 5.32 Å². The highest BCUT2D eigenvalue weighted by Gasteiger charge is 2.17. The Labute approximate surface area is 146 Å². The van der Waals surface area contributed by atoms with Gasteiger partial charge in [0.15, 0.2) is 0 Å². The highest BCUT2D eigenvalue weighted by Crippen LogP contribution is 2.28. The molecule has 5 nitrogen and oxygen atoms in total. The first-order chi connectivity index (χ1) is 12.3. The number of hydrogen-bond acceptors (Lipinski definition) is 3. The fourth-order valence-corrected chi connectivity index (χ4v) is 3.26. The SMILES string of the molecule is O=C(CCC1CCCO1)Nc1ccccc1-c1nc2ccccc2[nH]1. The molecule has 2 heterocycles. The second-order valence-corrected chi connectivity index (χ2v) is 6.37. The molecule has 2 aromatic carbocycles. The van der Waals surface area contributed by atoms with Gasteiger partial charge in [-0.25, -0.2) is 4.98 Å². The number of benzene rings is 2. The Morgan fingerprint density at radius 2 is 2.04 bits per heavy atom. The zero-order valence-electron chi connectivity index (χ0n) is 14.0. The summed E-state index contributed by atoms with van der Waals surface area (Å²) in [5, 5.41) is 3.02. The lowest BCUT2D eigenvalue weighted by atomic mass is 10.1. The van der Waals surface area contributed by atoms with E-state index in [0.29, 0.717) is 6.42 Å². The summed E-state index contributed by atoms with van der Waals surface area (Å²) in [5.41, 5.74) is 3.57. The predicted molar refractivity (Wildman–Crippen MR) is 98.4 cm³/mol. The van der Waals surface area contributed by atoms with Crippen molar-refractivity contribution in [2.75, 3.05) is 11.9 Å². The van der Waals surface area contributed by atoms with Crippen LogP contribution in [0.4, 0.5) is 5.69 Å². The van der Waals surface area contributed by atoms with Gasteiger partial charge in [-0.1, -0.05) is 24.3 Å². The van der Waals surface area contributed by atoms with Gasteiger partial charge < -0.3 is 15.0 Å². The molecule has 0 spiro atoms. The van der Waals surface area contributed by atoms with Gasteiger partial charge in [0.2, 0.25) is 5.91 Å². The quantitative estimate of drug-likeness (QED) is 0.737. The minimum Gasteiger partial charge on any atom is -0.378 e. The van der Waals surface area contributed by atoms with Gasteiger partial charge in [-0.15, -0.1) is 0 Å².